The van der Waals surface area contributed by atoms with Gasteiger partial charge >= 0.3 is 6.18 Å². The van der Waals surface area contributed by atoms with Gasteiger partial charge in [-0.1, -0.05) is 6.07 Å². The van der Waals surface area contributed by atoms with Crippen LogP contribution in [0.4, 0.5) is 24.5 Å². The van der Waals surface area contributed by atoms with Gasteiger partial charge in [0.15, 0.2) is 5.92 Å². The Bertz CT molecular complexity index is 494. The molecule has 0 spiro atoms. The van der Waals surface area contributed by atoms with E-state index in [9.17, 15) is 18.0 Å². The van der Waals surface area contributed by atoms with Crippen LogP contribution >= 0.6 is 0 Å². The number of nitriles is 1. The number of anilines is 2. The topological polar surface area (TPSA) is 64.9 Å². The lowest BCUT2D eigenvalue weighted by Gasteiger charge is -2.15. The second-order valence-electron chi connectivity index (χ2n) is 3.87. The molecule has 0 aliphatic heterocycles. The lowest BCUT2D eigenvalue weighted by Crippen LogP contribution is -2.28. The van der Waals surface area contributed by atoms with Gasteiger partial charge in [-0.15, -0.1) is 0 Å². The fourth-order valence-corrected chi connectivity index (χ4v) is 1.36. The first-order valence-corrected chi connectivity index (χ1v) is 5.41. The molecule has 19 heavy (non-hydrogen) atoms. The monoisotopic (exact) mass is 271 g/mol. The number of carbonyl (C=O) groups excluding carboxylic acids is 1. The highest BCUT2D eigenvalue weighted by molar-refractivity contribution is 5.89. The highest BCUT2D eigenvalue weighted by atomic mass is 19.4. The van der Waals surface area contributed by atoms with Crippen LogP contribution in [-0.2, 0) is 4.79 Å². The van der Waals surface area contributed by atoms with Crippen molar-refractivity contribution >= 4 is 17.3 Å². The summed E-state index contributed by atoms with van der Waals surface area (Å²) in [4.78, 5) is 10.8. The number of amides is 1. The Kier molecular flexibility index (Phi) is 4.75. The standard InChI is InChI=1S/C12H12F3N3O/c1-8(19)18-11-4-2-3-10(5-11)17-7-9(6-16)12(13,14)15/h2-5,9,17H,7H2,1H3,(H,18,19). The molecule has 0 heterocycles. The zero-order valence-corrected chi connectivity index (χ0v) is 10.1. The van der Waals surface area contributed by atoms with E-state index in [0.29, 0.717) is 11.4 Å². The van der Waals surface area contributed by atoms with E-state index >= 15 is 0 Å². The van der Waals surface area contributed by atoms with Crippen molar-refractivity contribution in [2.24, 2.45) is 5.92 Å². The first-order chi connectivity index (χ1) is 8.82. The van der Waals surface area contributed by atoms with Crippen molar-refractivity contribution in [1.82, 2.24) is 0 Å². The predicted octanol–water partition coefficient (Wildman–Crippen LogP) is 2.76. The molecule has 1 unspecified atom stereocenters. The summed E-state index contributed by atoms with van der Waals surface area (Å²) in [7, 11) is 0. The lowest BCUT2D eigenvalue weighted by molar-refractivity contribution is -0.155. The number of nitrogens with one attached hydrogen (secondary N) is 2. The summed E-state index contributed by atoms with van der Waals surface area (Å²) < 4.78 is 37.1. The predicted molar refractivity (Wildman–Crippen MR) is 64.4 cm³/mol. The van der Waals surface area contributed by atoms with Crippen LogP contribution in [0.2, 0.25) is 0 Å². The maximum absolute atomic E-state index is 12.4. The van der Waals surface area contributed by atoms with Gasteiger partial charge in [0.1, 0.15) is 0 Å². The van der Waals surface area contributed by atoms with Gasteiger partial charge in [0.2, 0.25) is 5.91 Å². The lowest BCUT2D eigenvalue weighted by atomic mass is 10.1. The minimum Gasteiger partial charge on any atom is -0.383 e. The molecule has 1 aromatic rings. The second kappa shape index (κ2) is 6.09. The number of alkyl halides is 3. The van der Waals surface area contributed by atoms with Crippen molar-refractivity contribution in [2.75, 3.05) is 17.2 Å². The van der Waals surface area contributed by atoms with Crippen molar-refractivity contribution in [3.05, 3.63) is 24.3 Å². The molecular weight excluding hydrogens is 259 g/mol. The van der Waals surface area contributed by atoms with Crippen molar-refractivity contribution in [2.45, 2.75) is 13.1 Å². The van der Waals surface area contributed by atoms with Gasteiger partial charge in [0.05, 0.1) is 6.07 Å². The molecule has 0 aliphatic rings. The molecule has 0 aromatic heterocycles. The highest BCUT2D eigenvalue weighted by Crippen LogP contribution is 2.26. The molecule has 102 valence electrons. The molecule has 1 rings (SSSR count). The molecule has 4 nitrogen and oxygen atoms in total. The first kappa shape index (κ1) is 14.8. The first-order valence-electron chi connectivity index (χ1n) is 5.41. The van der Waals surface area contributed by atoms with Crippen LogP contribution < -0.4 is 10.6 Å². The van der Waals surface area contributed by atoms with Gasteiger partial charge in [-0.3, -0.25) is 4.79 Å². The van der Waals surface area contributed by atoms with Crippen LogP contribution in [0.15, 0.2) is 24.3 Å². The Morgan fingerprint density at radius 3 is 2.58 bits per heavy atom. The summed E-state index contributed by atoms with van der Waals surface area (Å²) in [5, 5.41) is 13.5. The van der Waals surface area contributed by atoms with Gasteiger partial charge in [-0.2, -0.15) is 18.4 Å². The quantitative estimate of drug-likeness (QED) is 0.885. The number of carbonyl (C=O) groups is 1. The van der Waals surface area contributed by atoms with Crippen LogP contribution in [0, 0.1) is 17.2 Å². The normalized spacial score (nSPS) is 12.4. The van der Waals surface area contributed by atoms with E-state index in [-0.39, 0.29) is 5.91 Å². The molecule has 0 saturated heterocycles. The van der Waals surface area contributed by atoms with E-state index in [1.54, 1.807) is 18.2 Å². The number of hydrogen-bond donors (Lipinski definition) is 2. The summed E-state index contributed by atoms with van der Waals surface area (Å²) in [6.07, 6.45) is -4.56. The Balaban J connectivity index is 2.68. The van der Waals surface area contributed by atoms with Crippen LogP contribution in [0.1, 0.15) is 6.92 Å². The highest BCUT2D eigenvalue weighted by Gasteiger charge is 2.39. The Morgan fingerprint density at radius 1 is 1.42 bits per heavy atom. The third-order valence-electron chi connectivity index (χ3n) is 2.24. The maximum Gasteiger partial charge on any atom is 0.406 e. The minimum atomic E-state index is -4.56. The Morgan fingerprint density at radius 2 is 2.05 bits per heavy atom. The molecule has 1 amide bonds. The number of nitrogens with zero attached hydrogens (tertiary/aromatic N) is 1. The minimum absolute atomic E-state index is 0.276. The molecule has 0 aliphatic carbocycles. The average Bonchev–Trinajstić information content (AvgIpc) is 2.27. The molecule has 0 bridgehead atoms. The zero-order chi connectivity index (χ0) is 14.5. The molecule has 0 fully saturated rings. The summed E-state index contributed by atoms with van der Waals surface area (Å²) in [5.74, 6) is -2.35. The van der Waals surface area contributed by atoms with E-state index in [4.69, 9.17) is 5.26 Å². The molecular formula is C12H12F3N3O. The maximum atomic E-state index is 12.4. The molecule has 2 N–H and O–H groups in total. The van der Waals surface area contributed by atoms with Gasteiger partial charge in [-0.25, -0.2) is 0 Å². The third-order valence-corrected chi connectivity index (χ3v) is 2.24. The largest absolute Gasteiger partial charge is 0.406 e. The zero-order valence-electron chi connectivity index (χ0n) is 10.1. The summed E-state index contributed by atoms with van der Waals surface area (Å²) >= 11 is 0. The number of rotatable bonds is 4. The smallest absolute Gasteiger partial charge is 0.383 e. The summed E-state index contributed by atoms with van der Waals surface area (Å²) in [6.45, 7) is 0.791. The van der Waals surface area contributed by atoms with Crippen molar-refractivity contribution in [1.29, 1.82) is 5.26 Å². The molecule has 7 heteroatoms. The van der Waals surface area contributed by atoms with Crippen LogP contribution in [0.25, 0.3) is 0 Å². The summed E-state index contributed by atoms with van der Waals surface area (Å²) in [6, 6.07) is 7.44. The molecule has 0 saturated carbocycles. The van der Waals surface area contributed by atoms with E-state index in [0.717, 1.165) is 0 Å². The Labute approximate surface area is 108 Å². The van der Waals surface area contributed by atoms with Gasteiger partial charge in [0, 0.05) is 24.8 Å². The molecule has 1 aromatic carbocycles. The molecule has 0 radical (unpaired) electrons. The SMILES string of the molecule is CC(=O)Nc1cccc(NCC(C#N)C(F)(F)F)c1. The van der Waals surface area contributed by atoms with E-state index in [1.165, 1.54) is 19.1 Å². The van der Waals surface area contributed by atoms with E-state index in [2.05, 4.69) is 10.6 Å². The van der Waals surface area contributed by atoms with Crippen LogP contribution in [0.5, 0.6) is 0 Å². The average molecular weight is 271 g/mol. The second-order valence-corrected chi connectivity index (χ2v) is 3.87. The van der Waals surface area contributed by atoms with Crippen LogP contribution in [-0.4, -0.2) is 18.6 Å². The van der Waals surface area contributed by atoms with Crippen molar-refractivity contribution < 1.29 is 18.0 Å². The summed E-state index contributed by atoms with van der Waals surface area (Å²) in [5.41, 5.74) is 0.869. The third kappa shape index (κ3) is 4.87. The van der Waals surface area contributed by atoms with E-state index < -0.39 is 18.6 Å². The number of benzene rings is 1. The van der Waals surface area contributed by atoms with E-state index in [1.807, 2.05) is 0 Å². The van der Waals surface area contributed by atoms with Crippen molar-refractivity contribution in [3.8, 4) is 6.07 Å². The fourth-order valence-electron chi connectivity index (χ4n) is 1.36. The van der Waals surface area contributed by atoms with Gasteiger partial charge < -0.3 is 10.6 Å². The number of hydrogen-bond acceptors (Lipinski definition) is 3. The fraction of sp³-hybridized carbons (Fsp3) is 0.333. The van der Waals surface area contributed by atoms with Crippen LogP contribution in [0.3, 0.4) is 0 Å². The van der Waals surface area contributed by atoms with Crippen molar-refractivity contribution in [3.63, 3.8) is 0 Å². The van der Waals surface area contributed by atoms with Gasteiger partial charge in [-0.05, 0) is 18.2 Å². The van der Waals surface area contributed by atoms with Gasteiger partial charge in [0.25, 0.3) is 0 Å². The Hall–Kier alpha value is -2.23. The molecule has 1 atom stereocenters. The number of halogens is 3.